The Bertz CT molecular complexity index is 1030. The summed E-state index contributed by atoms with van der Waals surface area (Å²) < 4.78 is 16.1. The maximum absolute atomic E-state index is 12.7. The van der Waals surface area contributed by atoms with E-state index in [1.165, 1.54) is 18.4 Å². The molecule has 0 spiro atoms. The molecule has 2 aromatic carbocycles. The molecule has 0 aliphatic rings. The maximum Gasteiger partial charge on any atom is 0.341 e. The highest BCUT2D eigenvalue weighted by Crippen LogP contribution is 2.40. The Morgan fingerprint density at radius 3 is 2.33 bits per heavy atom. The van der Waals surface area contributed by atoms with Crippen molar-refractivity contribution < 1.29 is 23.8 Å². The molecule has 0 bridgehead atoms. The number of thiophene rings is 1. The zero-order valence-corrected chi connectivity index (χ0v) is 17.9. The monoisotopic (exact) mass is 425 g/mol. The minimum absolute atomic E-state index is 0.222. The van der Waals surface area contributed by atoms with E-state index in [0.29, 0.717) is 22.1 Å². The first kappa shape index (κ1) is 21.4. The number of rotatable bonds is 8. The highest BCUT2D eigenvalue weighted by molar-refractivity contribution is 7.17. The molecule has 0 aliphatic heterocycles. The lowest BCUT2D eigenvalue weighted by molar-refractivity contribution is -0.118. The minimum Gasteiger partial charge on any atom is -0.493 e. The van der Waals surface area contributed by atoms with Crippen LogP contribution in [0.5, 0.6) is 11.5 Å². The summed E-state index contributed by atoms with van der Waals surface area (Å²) in [5, 5.41) is 3.24. The van der Waals surface area contributed by atoms with Gasteiger partial charge in [-0.3, -0.25) is 4.79 Å². The van der Waals surface area contributed by atoms with Crippen LogP contribution in [0.15, 0.2) is 54.6 Å². The van der Waals surface area contributed by atoms with Gasteiger partial charge in [-0.25, -0.2) is 4.79 Å². The van der Waals surface area contributed by atoms with E-state index in [0.717, 1.165) is 16.0 Å². The third kappa shape index (κ3) is 4.80. The Morgan fingerprint density at radius 1 is 1.00 bits per heavy atom. The van der Waals surface area contributed by atoms with E-state index in [-0.39, 0.29) is 19.1 Å². The van der Waals surface area contributed by atoms with Gasteiger partial charge in [0.1, 0.15) is 10.6 Å². The molecule has 1 N–H and O–H groups in total. The van der Waals surface area contributed by atoms with Crippen LogP contribution in [0.4, 0.5) is 5.00 Å². The summed E-state index contributed by atoms with van der Waals surface area (Å²) >= 11 is 1.33. The molecule has 0 atom stereocenters. The van der Waals surface area contributed by atoms with Crippen molar-refractivity contribution in [2.45, 2.75) is 13.8 Å². The van der Waals surface area contributed by atoms with Crippen molar-refractivity contribution in [2.75, 3.05) is 25.6 Å². The fourth-order valence-corrected chi connectivity index (χ4v) is 4.11. The number of aryl methyl sites for hydroxylation is 1. The predicted molar refractivity (Wildman–Crippen MR) is 118 cm³/mol. The van der Waals surface area contributed by atoms with Gasteiger partial charge in [-0.05, 0) is 31.5 Å². The minimum atomic E-state index is -0.471. The lowest BCUT2D eigenvalue weighted by atomic mass is 10.0. The molecule has 156 valence electrons. The summed E-state index contributed by atoms with van der Waals surface area (Å²) in [6.45, 7) is 3.68. The van der Waals surface area contributed by atoms with Crippen molar-refractivity contribution in [3.05, 3.63) is 65.0 Å². The molecule has 30 heavy (non-hydrogen) atoms. The van der Waals surface area contributed by atoms with Crippen LogP contribution in [0.25, 0.3) is 11.1 Å². The van der Waals surface area contributed by atoms with Gasteiger partial charge in [0.25, 0.3) is 5.91 Å². The number of hydrogen-bond acceptors (Lipinski definition) is 6. The second-order valence-corrected chi connectivity index (χ2v) is 7.54. The summed E-state index contributed by atoms with van der Waals surface area (Å²) in [7, 11) is 1.54. The number of nitrogens with one attached hydrogen (secondary N) is 1. The third-order valence-electron chi connectivity index (χ3n) is 4.31. The summed E-state index contributed by atoms with van der Waals surface area (Å²) in [6.07, 6.45) is 0. The number of para-hydroxylation sites is 2. The zero-order valence-electron chi connectivity index (χ0n) is 17.1. The molecule has 0 radical (unpaired) electrons. The Kier molecular flexibility index (Phi) is 7.08. The third-order valence-corrected chi connectivity index (χ3v) is 5.33. The number of methoxy groups -OCH3 is 1. The van der Waals surface area contributed by atoms with Crippen LogP contribution in [-0.2, 0) is 9.53 Å². The van der Waals surface area contributed by atoms with Gasteiger partial charge >= 0.3 is 5.97 Å². The van der Waals surface area contributed by atoms with E-state index in [1.807, 2.05) is 43.3 Å². The summed E-state index contributed by atoms with van der Waals surface area (Å²) in [5.74, 6) is 0.151. The number of anilines is 1. The van der Waals surface area contributed by atoms with E-state index in [1.54, 1.807) is 25.1 Å². The number of carbonyl (C=O) groups is 2. The van der Waals surface area contributed by atoms with E-state index in [2.05, 4.69) is 5.32 Å². The number of benzene rings is 2. The Hall–Kier alpha value is -3.32. The Labute approximate surface area is 179 Å². The highest BCUT2D eigenvalue weighted by atomic mass is 32.1. The molecule has 6 nitrogen and oxygen atoms in total. The molecular formula is C23H23NO5S. The Balaban J connectivity index is 1.84. The van der Waals surface area contributed by atoms with Crippen LogP contribution in [0, 0.1) is 6.92 Å². The van der Waals surface area contributed by atoms with E-state index in [9.17, 15) is 9.59 Å². The van der Waals surface area contributed by atoms with Crippen molar-refractivity contribution >= 4 is 28.2 Å². The lowest BCUT2D eigenvalue weighted by Crippen LogP contribution is -2.21. The number of amides is 1. The van der Waals surface area contributed by atoms with Gasteiger partial charge < -0.3 is 19.5 Å². The van der Waals surface area contributed by atoms with Crippen LogP contribution >= 0.6 is 11.3 Å². The largest absolute Gasteiger partial charge is 0.493 e. The second kappa shape index (κ2) is 9.93. The van der Waals surface area contributed by atoms with Crippen molar-refractivity contribution in [2.24, 2.45) is 0 Å². The quantitative estimate of drug-likeness (QED) is 0.518. The van der Waals surface area contributed by atoms with E-state index >= 15 is 0 Å². The SMILES string of the molecule is CCOC(=O)c1c(NC(=O)COc2ccccc2OC)sc(C)c1-c1ccccc1. The fraction of sp³-hybridized carbons (Fsp3) is 0.217. The van der Waals surface area contributed by atoms with Crippen LogP contribution in [0.3, 0.4) is 0 Å². The maximum atomic E-state index is 12.7. The van der Waals surface area contributed by atoms with Crippen LogP contribution in [0.2, 0.25) is 0 Å². The van der Waals surface area contributed by atoms with Gasteiger partial charge in [0.05, 0.1) is 13.7 Å². The summed E-state index contributed by atoms with van der Waals surface area (Å²) in [6, 6.07) is 16.6. The molecule has 1 amide bonds. The molecular weight excluding hydrogens is 402 g/mol. The van der Waals surface area contributed by atoms with Gasteiger partial charge in [-0.2, -0.15) is 0 Å². The molecule has 0 saturated carbocycles. The van der Waals surface area contributed by atoms with Gasteiger partial charge in [-0.15, -0.1) is 11.3 Å². The standard InChI is InChI=1S/C23H23NO5S/c1-4-28-23(26)21-20(16-10-6-5-7-11-16)15(2)30-22(21)24-19(25)14-29-18-13-9-8-12-17(18)27-3/h5-13H,4,14H2,1-3H3,(H,24,25). The topological polar surface area (TPSA) is 73.9 Å². The van der Waals surface area contributed by atoms with Crippen molar-refractivity contribution in [1.82, 2.24) is 0 Å². The average molecular weight is 426 g/mol. The molecule has 0 fully saturated rings. The summed E-state index contributed by atoms with van der Waals surface area (Å²) in [5.41, 5.74) is 2.01. The molecule has 1 heterocycles. The first-order chi connectivity index (χ1) is 14.5. The molecule has 3 rings (SSSR count). The fourth-order valence-electron chi connectivity index (χ4n) is 3.03. The number of ether oxygens (including phenoxy) is 3. The van der Waals surface area contributed by atoms with Crippen molar-refractivity contribution in [3.63, 3.8) is 0 Å². The number of hydrogen-bond donors (Lipinski definition) is 1. The molecule has 0 saturated heterocycles. The number of esters is 1. The molecule has 7 heteroatoms. The van der Waals surface area contributed by atoms with Crippen LogP contribution < -0.4 is 14.8 Å². The summed E-state index contributed by atoms with van der Waals surface area (Å²) in [4.78, 5) is 26.2. The van der Waals surface area contributed by atoms with Crippen molar-refractivity contribution in [3.8, 4) is 22.6 Å². The second-order valence-electron chi connectivity index (χ2n) is 6.31. The number of carbonyl (C=O) groups excluding carboxylic acids is 2. The first-order valence-corrected chi connectivity index (χ1v) is 10.3. The molecule has 3 aromatic rings. The van der Waals surface area contributed by atoms with Crippen molar-refractivity contribution in [1.29, 1.82) is 0 Å². The van der Waals surface area contributed by atoms with Gasteiger partial charge in [0.15, 0.2) is 18.1 Å². The Morgan fingerprint density at radius 2 is 1.67 bits per heavy atom. The van der Waals surface area contributed by atoms with E-state index < -0.39 is 5.97 Å². The normalized spacial score (nSPS) is 10.4. The highest BCUT2D eigenvalue weighted by Gasteiger charge is 2.25. The zero-order chi connectivity index (χ0) is 21.5. The average Bonchev–Trinajstić information content (AvgIpc) is 3.08. The van der Waals surface area contributed by atoms with Gasteiger partial charge in [-0.1, -0.05) is 42.5 Å². The molecule has 0 unspecified atom stereocenters. The smallest absolute Gasteiger partial charge is 0.341 e. The molecule has 0 aliphatic carbocycles. The van der Waals surface area contributed by atoms with Gasteiger partial charge in [0, 0.05) is 10.4 Å². The molecule has 1 aromatic heterocycles. The first-order valence-electron chi connectivity index (χ1n) is 9.46. The van der Waals surface area contributed by atoms with Crippen LogP contribution in [-0.4, -0.2) is 32.2 Å². The predicted octanol–water partition coefficient (Wildman–Crippen LogP) is 4.93. The van der Waals surface area contributed by atoms with E-state index in [4.69, 9.17) is 14.2 Å². The lowest BCUT2D eigenvalue weighted by Gasteiger charge is -2.11. The van der Waals surface area contributed by atoms with Gasteiger partial charge in [0.2, 0.25) is 0 Å². The van der Waals surface area contributed by atoms with Crippen LogP contribution in [0.1, 0.15) is 22.2 Å².